The normalized spacial score (nSPS) is 20.6. The molecule has 8 heteroatoms. The van der Waals surface area contributed by atoms with E-state index in [0.29, 0.717) is 13.1 Å². The topological polar surface area (TPSA) is 74.6 Å². The van der Waals surface area contributed by atoms with Gasteiger partial charge in [0.15, 0.2) is 5.65 Å². The van der Waals surface area contributed by atoms with E-state index in [4.69, 9.17) is 0 Å². The van der Waals surface area contributed by atoms with Crippen molar-refractivity contribution >= 4 is 28.7 Å². The van der Waals surface area contributed by atoms with E-state index in [9.17, 15) is 9.59 Å². The van der Waals surface area contributed by atoms with Crippen molar-refractivity contribution in [3.05, 3.63) is 89.4 Å². The first-order valence-electron chi connectivity index (χ1n) is 14.8. The van der Waals surface area contributed by atoms with E-state index in [2.05, 4.69) is 69.2 Å². The molecular weight excluding hydrogens is 512 g/mol. The zero-order valence-corrected chi connectivity index (χ0v) is 23.6. The number of carbonyl (C=O) groups is 2. The number of fused-ring (bicyclic) bond motifs is 3. The van der Waals surface area contributed by atoms with Gasteiger partial charge >= 0.3 is 0 Å². The molecular formula is C33H36N6O2. The quantitative estimate of drug-likeness (QED) is 0.383. The lowest BCUT2D eigenvalue weighted by Gasteiger charge is -2.43. The summed E-state index contributed by atoms with van der Waals surface area (Å²) in [7, 11) is 0. The van der Waals surface area contributed by atoms with Crippen LogP contribution in [-0.4, -0.2) is 68.4 Å². The molecule has 210 valence electrons. The minimum atomic E-state index is -0.0361. The second-order valence-corrected chi connectivity index (χ2v) is 11.7. The Morgan fingerprint density at radius 2 is 1.80 bits per heavy atom. The monoisotopic (exact) mass is 548 g/mol. The molecule has 1 fully saturated rings. The van der Waals surface area contributed by atoms with Gasteiger partial charge in [-0.05, 0) is 73.1 Å². The Hall–Kier alpha value is -4.20. The highest BCUT2D eigenvalue weighted by Gasteiger charge is 2.34. The SMILES string of the molecule is CC1CN(c2cccc3c2CN(C(=O)[C@@H]2CCCc4ccccc42)CC3)CCN1C(=O)Cn1cnc2cccnc21. The number of rotatable bonds is 4. The van der Waals surface area contributed by atoms with Crippen LogP contribution >= 0.6 is 0 Å². The average molecular weight is 549 g/mol. The summed E-state index contributed by atoms with van der Waals surface area (Å²) in [6, 6.07) is 18.8. The average Bonchev–Trinajstić information content (AvgIpc) is 3.42. The van der Waals surface area contributed by atoms with Crippen LogP contribution in [0.2, 0.25) is 0 Å². The summed E-state index contributed by atoms with van der Waals surface area (Å²) in [6.45, 7) is 5.96. The maximum Gasteiger partial charge on any atom is 0.242 e. The number of imidazole rings is 1. The van der Waals surface area contributed by atoms with Gasteiger partial charge in [0.25, 0.3) is 0 Å². The van der Waals surface area contributed by atoms with E-state index in [1.807, 2.05) is 21.6 Å². The summed E-state index contributed by atoms with van der Waals surface area (Å²) in [6.07, 6.45) is 7.37. The maximum absolute atomic E-state index is 13.9. The van der Waals surface area contributed by atoms with Crippen LogP contribution in [0.15, 0.2) is 67.1 Å². The number of aryl methyl sites for hydroxylation is 1. The number of piperazine rings is 1. The fourth-order valence-corrected chi connectivity index (χ4v) is 7.07. The maximum atomic E-state index is 13.9. The Morgan fingerprint density at radius 1 is 0.927 bits per heavy atom. The van der Waals surface area contributed by atoms with Crippen molar-refractivity contribution in [3.63, 3.8) is 0 Å². The number of nitrogens with zero attached hydrogens (tertiary/aromatic N) is 6. The van der Waals surface area contributed by atoms with Gasteiger partial charge in [0.2, 0.25) is 11.8 Å². The molecule has 0 saturated carbocycles. The first-order chi connectivity index (χ1) is 20.1. The van der Waals surface area contributed by atoms with Crippen LogP contribution in [0.4, 0.5) is 5.69 Å². The lowest BCUT2D eigenvalue weighted by molar-refractivity contribution is -0.135. The van der Waals surface area contributed by atoms with Crippen molar-refractivity contribution in [2.75, 3.05) is 31.1 Å². The fourth-order valence-electron chi connectivity index (χ4n) is 7.07. The predicted octanol–water partition coefficient (Wildman–Crippen LogP) is 4.17. The van der Waals surface area contributed by atoms with Crippen LogP contribution in [0.25, 0.3) is 11.2 Å². The van der Waals surface area contributed by atoms with Gasteiger partial charge in [-0.2, -0.15) is 0 Å². The van der Waals surface area contributed by atoms with Crippen LogP contribution in [-0.2, 0) is 35.5 Å². The minimum Gasteiger partial charge on any atom is -0.367 e. The molecule has 0 radical (unpaired) electrons. The molecule has 0 spiro atoms. The highest BCUT2D eigenvalue weighted by Crippen LogP contribution is 2.36. The van der Waals surface area contributed by atoms with Crippen LogP contribution in [0, 0.1) is 0 Å². The van der Waals surface area contributed by atoms with Crippen molar-refractivity contribution in [3.8, 4) is 0 Å². The van der Waals surface area contributed by atoms with E-state index in [0.717, 1.165) is 56.5 Å². The lowest BCUT2D eigenvalue weighted by Crippen LogP contribution is -2.55. The molecule has 2 aromatic carbocycles. The molecule has 8 nitrogen and oxygen atoms in total. The zero-order valence-electron chi connectivity index (χ0n) is 23.6. The molecule has 3 aliphatic rings. The van der Waals surface area contributed by atoms with Crippen LogP contribution in [0.3, 0.4) is 0 Å². The Labute approximate surface area is 240 Å². The van der Waals surface area contributed by atoms with Gasteiger partial charge in [-0.3, -0.25) is 9.59 Å². The third-order valence-corrected chi connectivity index (χ3v) is 9.20. The van der Waals surface area contributed by atoms with Gasteiger partial charge in [-0.25, -0.2) is 9.97 Å². The molecule has 1 aliphatic carbocycles. The highest BCUT2D eigenvalue weighted by molar-refractivity contribution is 5.85. The fraction of sp³-hybridized carbons (Fsp3) is 0.394. The van der Waals surface area contributed by atoms with Crippen LogP contribution in [0.5, 0.6) is 0 Å². The Morgan fingerprint density at radius 3 is 2.71 bits per heavy atom. The number of hydrogen-bond donors (Lipinski definition) is 0. The summed E-state index contributed by atoms with van der Waals surface area (Å²) in [5.74, 6) is 0.315. The molecule has 4 heterocycles. The standard InChI is InChI=1S/C33H36N6O2/c1-23-19-36(17-18-39(23)31(40)21-38-22-35-29-12-6-15-34-32(29)38)30-13-5-9-25-14-16-37(20-28(25)30)33(41)27-11-4-8-24-7-2-3-10-26(24)27/h2-3,5-7,9-10,12-13,15,22-23,27H,4,8,11,14,16-21H2,1H3/t23?,27-/m1/s1. The van der Waals surface area contributed by atoms with Crippen LogP contribution < -0.4 is 4.90 Å². The molecule has 0 bridgehead atoms. The van der Waals surface area contributed by atoms with E-state index in [1.54, 1.807) is 12.5 Å². The third-order valence-electron chi connectivity index (χ3n) is 9.20. The van der Waals surface area contributed by atoms with Gasteiger partial charge in [0, 0.05) is 50.6 Å². The van der Waals surface area contributed by atoms with Crippen molar-refractivity contribution in [1.29, 1.82) is 0 Å². The molecule has 4 aromatic rings. The van der Waals surface area contributed by atoms with E-state index in [-0.39, 0.29) is 30.3 Å². The van der Waals surface area contributed by atoms with Gasteiger partial charge in [0.05, 0.1) is 12.2 Å². The zero-order chi connectivity index (χ0) is 27.9. The number of pyridine rings is 1. The molecule has 1 saturated heterocycles. The largest absolute Gasteiger partial charge is 0.367 e. The van der Waals surface area contributed by atoms with Gasteiger partial charge in [-0.15, -0.1) is 0 Å². The number of amides is 2. The molecule has 2 amide bonds. The lowest BCUT2D eigenvalue weighted by atomic mass is 9.81. The molecule has 2 aliphatic heterocycles. The molecule has 7 rings (SSSR count). The molecule has 0 N–H and O–H groups in total. The molecule has 2 aromatic heterocycles. The van der Waals surface area contributed by atoms with E-state index in [1.165, 1.54) is 27.9 Å². The number of benzene rings is 2. The van der Waals surface area contributed by atoms with E-state index < -0.39 is 0 Å². The Kier molecular flexibility index (Phi) is 6.69. The first kappa shape index (κ1) is 25.7. The number of anilines is 1. The van der Waals surface area contributed by atoms with Crippen molar-refractivity contribution in [2.45, 2.75) is 57.7 Å². The second kappa shape index (κ2) is 10.7. The van der Waals surface area contributed by atoms with Gasteiger partial charge in [0.1, 0.15) is 12.1 Å². The summed E-state index contributed by atoms with van der Waals surface area (Å²) in [5, 5.41) is 0. The number of carbonyl (C=O) groups excluding carboxylic acids is 2. The van der Waals surface area contributed by atoms with Crippen molar-refractivity contribution in [2.24, 2.45) is 0 Å². The highest BCUT2D eigenvalue weighted by atomic mass is 16.2. The van der Waals surface area contributed by atoms with Gasteiger partial charge < -0.3 is 19.3 Å². The van der Waals surface area contributed by atoms with Crippen molar-refractivity contribution in [1.82, 2.24) is 24.3 Å². The second-order valence-electron chi connectivity index (χ2n) is 11.7. The number of aromatic nitrogens is 3. The molecule has 2 atom stereocenters. The molecule has 41 heavy (non-hydrogen) atoms. The minimum absolute atomic E-state index is 0.0361. The predicted molar refractivity (Wildman–Crippen MR) is 159 cm³/mol. The number of hydrogen-bond acceptors (Lipinski definition) is 5. The third kappa shape index (κ3) is 4.75. The summed E-state index contributed by atoms with van der Waals surface area (Å²) >= 11 is 0. The Bertz CT molecular complexity index is 1610. The van der Waals surface area contributed by atoms with Gasteiger partial charge in [-0.1, -0.05) is 36.4 Å². The molecule has 1 unspecified atom stereocenters. The summed E-state index contributed by atoms with van der Waals surface area (Å²) < 4.78 is 1.83. The van der Waals surface area contributed by atoms with E-state index >= 15 is 0 Å². The Balaban J connectivity index is 1.06. The summed E-state index contributed by atoms with van der Waals surface area (Å²) in [5.41, 5.74) is 7.88. The first-order valence-corrected chi connectivity index (χ1v) is 14.8. The smallest absolute Gasteiger partial charge is 0.242 e. The van der Waals surface area contributed by atoms with Crippen LogP contribution in [0.1, 0.15) is 47.9 Å². The van der Waals surface area contributed by atoms with Crippen molar-refractivity contribution < 1.29 is 9.59 Å². The summed E-state index contributed by atoms with van der Waals surface area (Å²) in [4.78, 5) is 42.5.